The van der Waals surface area contributed by atoms with E-state index in [0.29, 0.717) is 30.3 Å². The molecule has 2 N–H and O–H groups in total. The van der Waals surface area contributed by atoms with Gasteiger partial charge in [-0.2, -0.15) is 0 Å². The Balaban J connectivity index is 1.43. The van der Waals surface area contributed by atoms with Crippen molar-refractivity contribution in [2.24, 2.45) is 5.92 Å². The molecule has 2 atom stereocenters. The zero-order valence-corrected chi connectivity index (χ0v) is 20.7. The summed E-state index contributed by atoms with van der Waals surface area (Å²) in [5.74, 6) is 2.21. The van der Waals surface area contributed by atoms with E-state index in [1.807, 2.05) is 31.0 Å². The molecule has 0 radical (unpaired) electrons. The van der Waals surface area contributed by atoms with Crippen LogP contribution in [0.25, 0.3) is 11.3 Å². The maximum absolute atomic E-state index is 15.8. The Hall–Kier alpha value is -3.03. The first kappa shape index (κ1) is 23.7. The molecule has 1 aliphatic heterocycles. The molecule has 2 fully saturated rings. The van der Waals surface area contributed by atoms with Crippen LogP contribution < -0.4 is 10.6 Å². The highest BCUT2D eigenvalue weighted by Gasteiger charge is 2.36. The first-order valence-corrected chi connectivity index (χ1v) is 12.6. The SMILES string of the molecule is Cc1cc(-c2cn(CC3CCC3)c([C@@H]3CCN(c4ncnc(N)c4C(C)C)C[C@@H]3F)n2)ccc1F. The van der Waals surface area contributed by atoms with Crippen LogP contribution in [0, 0.1) is 18.7 Å². The van der Waals surface area contributed by atoms with Crippen LogP contribution >= 0.6 is 0 Å². The molecule has 6 nitrogen and oxygen atoms in total. The predicted octanol–water partition coefficient (Wildman–Crippen LogP) is 5.63. The van der Waals surface area contributed by atoms with Gasteiger partial charge in [0.05, 0.1) is 18.2 Å². The van der Waals surface area contributed by atoms with Gasteiger partial charge in [-0.05, 0) is 61.8 Å². The standard InChI is InChI=1S/C27H34F2N6/c1-16(2)24-25(30)31-15-32-27(24)34-10-9-20(22(29)13-34)26-33-23(14-35(26)12-18-5-4-6-18)19-7-8-21(28)17(3)11-19/h7-8,11,14-16,18,20,22H,4-6,9-10,12-13H2,1-3H3,(H2,30,31,32)/t20-,22+/m1/s1. The lowest BCUT2D eigenvalue weighted by molar-refractivity contribution is 0.228. The highest BCUT2D eigenvalue weighted by atomic mass is 19.1. The van der Waals surface area contributed by atoms with Crippen LogP contribution in [0.2, 0.25) is 0 Å². The molecule has 3 heterocycles. The minimum absolute atomic E-state index is 0.144. The first-order valence-electron chi connectivity index (χ1n) is 12.6. The Morgan fingerprint density at radius 2 is 1.97 bits per heavy atom. The van der Waals surface area contributed by atoms with Gasteiger partial charge in [-0.3, -0.25) is 0 Å². The largest absolute Gasteiger partial charge is 0.383 e. The maximum atomic E-state index is 15.8. The second-order valence-corrected chi connectivity index (χ2v) is 10.4. The highest BCUT2D eigenvalue weighted by molar-refractivity contribution is 5.60. The maximum Gasteiger partial charge on any atom is 0.137 e. The molecule has 0 bridgehead atoms. The van der Waals surface area contributed by atoms with Gasteiger partial charge in [-0.1, -0.05) is 20.3 Å². The van der Waals surface area contributed by atoms with Gasteiger partial charge in [-0.15, -0.1) is 0 Å². The van der Waals surface area contributed by atoms with Gasteiger partial charge in [-0.25, -0.2) is 23.7 Å². The average molecular weight is 481 g/mol. The van der Waals surface area contributed by atoms with Crippen molar-refractivity contribution >= 4 is 11.6 Å². The fraction of sp³-hybridized carbons (Fsp3) is 0.519. The number of alkyl halides is 1. The number of imidazole rings is 1. The number of nitrogen functional groups attached to an aromatic ring is 1. The Morgan fingerprint density at radius 1 is 1.17 bits per heavy atom. The quantitative estimate of drug-likeness (QED) is 0.495. The van der Waals surface area contributed by atoms with Crippen molar-refractivity contribution in [3.63, 3.8) is 0 Å². The molecule has 0 amide bonds. The van der Waals surface area contributed by atoms with Crippen LogP contribution in [-0.2, 0) is 6.54 Å². The number of hydrogen-bond donors (Lipinski definition) is 1. The molecule has 0 spiro atoms. The second kappa shape index (κ2) is 9.55. The molecule has 1 aromatic carbocycles. The smallest absolute Gasteiger partial charge is 0.137 e. The van der Waals surface area contributed by atoms with Gasteiger partial charge in [0.15, 0.2) is 0 Å². The fourth-order valence-electron chi connectivity index (χ4n) is 5.36. The van der Waals surface area contributed by atoms with Crippen molar-refractivity contribution in [3.8, 4) is 11.3 Å². The van der Waals surface area contributed by atoms with Crippen LogP contribution in [-0.4, -0.2) is 38.8 Å². The lowest BCUT2D eigenvalue weighted by Crippen LogP contribution is -2.42. The summed E-state index contributed by atoms with van der Waals surface area (Å²) in [6.45, 7) is 7.62. The van der Waals surface area contributed by atoms with Crippen LogP contribution in [0.5, 0.6) is 0 Å². The lowest BCUT2D eigenvalue weighted by Gasteiger charge is -2.37. The number of piperidine rings is 1. The number of aryl methyl sites for hydroxylation is 1. The van der Waals surface area contributed by atoms with Crippen molar-refractivity contribution in [3.05, 3.63) is 53.5 Å². The second-order valence-electron chi connectivity index (χ2n) is 10.4. The van der Waals surface area contributed by atoms with E-state index in [1.165, 1.54) is 31.7 Å². The van der Waals surface area contributed by atoms with E-state index in [4.69, 9.17) is 10.7 Å². The van der Waals surface area contributed by atoms with Gasteiger partial charge in [0.1, 0.15) is 35.8 Å². The van der Waals surface area contributed by atoms with Crippen molar-refractivity contribution in [2.45, 2.75) is 71.0 Å². The molecule has 1 saturated heterocycles. The molecule has 3 aromatic rings. The lowest BCUT2D eigenvalue weighted by atomic mass is 9.85. The van der Waals surface area contributed by atoms with Crippen LogP contribution in [0.15, 0.2) is 30.7 Å². The van der Waals surface area contributed by atoms with Crippen LogP contribution in [0.1, 0.15) is 68.3 Å². The van der Waals surface area contributed by atoms with E-state index < -0.39 is 6.17 Å². The summed E-state index contributed by atoms with van der Waals surface area (Å²) in [6, 6.07) is 5.05. The topological polar surface area (TPSA) is 72.9 Å². The third-order valence-corrected chi connectivity index (χ3v) is 7.58. The summed E-state index contributed by atoms with van der Waals surface area (Å²) in [4.78, 5) is 15.5. The number of nitrogens with zero attached hydrogens (tertiary/aromatic N) is 5. The van der Waals surface area contributed by atoms with Crippen molar-refractivity contribution in [1.82, 2.24) is 19.5 Å². The van der Waals surface area contributed by atoms with Gasteiger partial charge < -0.3 is 15.2 Å². The summed E-state index contributed by atoms with van der Waals surface area (Å²) in [6.07, 6.45) is 6.68. The molecule has 1 aliphatic carbocycles. The molecule has 2 aliphatic rings. The summed E-state index contributed by atoms with van der Waals surface area (Å²) in [7, 11) is 0. The zero-order chi connectivity index (χ0) is 24.7. The van der Waals surface area contributed by atoms with E-state index >= 15 is 4.39 Å². The number of rotatable bonds is 6. The van der Waals surface area contributed by atoms with Gasteiger partial charge in [0.2, 0.25) is 0 Å². The molecule has 186 valence electrons. The highest BCUT2D eigenvalue weighted by Crippen LogP contribution is 2.38. The van der Waals surface area contributed by atoms with E-state index in [1.54, 1.807) is 13.0 Å². The number of nitrogens with two attached hydrogens (primary N) is 1. The monoisotopic (exact) mass is 480 g/mol. The minimum atomic E-state index is -1.09. The van der Waals surface area contributed by atoms with E-state index in [2.05, 4.69) is 14.5 Å². The van der Waals surface area contributed by atoms with E-state index in [-0.39, 0.29) is 24.2 Å². The molecule has 8 heteroatoms. The summed E-state index contributed by atoms with van der Waals surface area (Å²) < 4.78 is 31.8. The molecule has 35 heavy (non-hydrogen) atoms. The van der Waals surface area contributed by atoms with Crippen LogP contribution in [0.4, 0.5) is 20.4 Å². The van der Waals surface area contributed by atoms with Gasteiger partial charge in [0, 0.05) is 30.4 Å². The molecule has 1 saturated carbocycles. The Labute approximate surface area is 205 Å². The average Bonchev–Trinajstić information content (AvgIpc) is 3.21. The van der Waals surface area contributed by atoms with Crippen molar-refractivity contribution in [1.29, 1.82) is 0 Å². The Morgan fingerprint density at radius 3 is 2.63 bits per heavy atom. The Kier molecular flexibility index (Phi) is 6.47. The summed E-state index contributed by atoms with van der Waals surface area (Å²) in [5, 5.41) is 0. The summed E-state index contributed by atoms with van der Waals surface area (Å²) >= 11 is 0. The van der Waals surface area contributed by atoms with Crippen LogP contribution in [0.3, 0.4) is 0 Å². The van der Waals surface area contributed by atoms with Crippen molar-refractivity contribution < 1.29 is 8.78 Å². The number of halogens is 2. The number of benzene rings is 1. The predicted molar refractivity (Wildman–Crippen MR) is 135 cm³/mol. The number of hydrogen-bond acceptors (Lipinski definition) is 5. The molecule has 0 unspecified atom stereocenters. The van der Waals surface area contributed by atoms with E-state index in [9.17, 15) is 4.39 Å². The molecular formula is C27H34F2N6. The number of aromatic nitrogens is 4. The minimum Gasteiger partial charge on any atom is -0.383 e. The van der Waals surface area contributed by atoms with Gasteiger partial charge >= 0.3 is 0 Å². The van der Waals surface area contributed by atoms with E-state index in [0.717, 1.165) is 35.0 Å². The third-order valence-electron chi connectivity index (χ3n) is 7.58. The molecular weight excluding hydrogens is 446 g/mol. The third kappa shape index (κ3) is 4.62. The summed E-state index contributed by atoms with van der Waals surface area (Å²) in [5.41, 5.74) is 9.24. The van der Waals surface area contributed by atoms with Crippen molar-refractivity contribution in [2.75, 3.05) is 23.7 Å². The van der Waals surface area contributed by atoms with Gasteiger partial charge in [0.25, 0.3) is 0 Å². The fourth-order valence-corrected chi connectivity index (χ4v) is 5.36. The first-order chi connectivity index (χ1) is 16.8. The molecule has 2 aromatic heterocycles. The normalized spacial score (nSPS) is 20.9. The number of anilines is 2. The zero-order valence-electron chi connectivity index (χ0n) is 20.7. The Bertz CT molecular complexity index is 1200. The molecule has 5 rings (SSSR count).